The van der Waals surface area contributed by atoms with Crippen LogP contribution in [0.1, 0.15) is 16.7 Å². The van der Waals surface area contributed by atoms with Gasteiger partial charge in [-0.3, -0.25) is 4.79 Å². The molecule has 1 amide bonds. The molecular formula is C22H26N4O3S. The molecule has 1 heterocycles. The first-order valence-electron chi connectivity index (χ1n) is 9.81. The summed E-state index contributed by atoms with van der Waals surface area (Å²) in [4.78, 5) is 16.1. The summed E-state index contributed by atoms with van der Waals surface area (Å²) >= 11 is 0. The van der Waals surface area contributed by atoms with Crippen molar-refractivity contribution in [3.8, 4) is 6.07 Å². The fraction of sp³-hybridized carbons (Fsp3) is 0.364. The predicted octanol–water partition coefficient (Wildman–Crippen LogP) is 1.98. The third-order valence-corrected chi connectivity index (χ3v) is 7.00. The maximum atomic E-state index is 12.8. The Morgan fingerprint density at radius 1 is 1.10 bits per heavy atom. The van der Waals surface area contributed by atoms with Gasteiger partial charge in [0.1, 0.15) is 5.75 Å². The molecule has 0 atom stereocenters. The molecular weight excluding hydrogens is 400 g/mol. The Bertz CT molecular complexity index is 1040. The number of anilines is 1. The average Bonchev–Trinajstić information content (AvgIpc) is 2.74. The molecule has 0 unspecified atom stereocenters. The third kappa shape index (κ3) is 5.38. The van der Waals surface area contributed by atoms with E-state index in [0.717, 1.165) is 11.3 Å². The average molecular weight is 427 g/mol. The first-order valence-corrected chi connectivity index (χ1v) is 11.4. The summed E-state index contributed by atoms with van der Waals surface area (Å²) in [6.45, 7) is 4.24. The van der Waals surface area contributed by atoms with Gasteiger partial charge in [-0.2, -0.15) is 9.57 Å². The number of carbonyl (C=O) groups excluding carboxylic acids is 1. The van der Waals surface area contributed by atoms with Crippen molar-refractivity contribution in [1.82, 2.24) is 9.21 Å². The number of benzene rings is 2. The van der Waals surface area contributed by atoms with Gasteiger partial charge < -0.3 is 9.80 Å². The monoisotopic (exact) mass is 426 g/mol. The summed E-state index contributed by atoms with van der Waals surface area (Å²) in [7, 11) is -2.08. The minimum absolute atomic E-state index is 0.293. The molecule has 0 bridgehead atoms. The van der Waals surface area contributed by atoms with Gasteiger partial charge in [-0.15, -0.1) is 0 Å². The van der Waals surface area contributed by atoms with Crippen LogP contribution in [0.3, 0.4) is 0 Å². The van der Waals surface area contributed by atoms with E-state index in [1.54, 1.807) is 31.3 Å². The van der Waals surface area contributed by atoms with Crippen LogP contribution >= 0.6 is 0 Å². The Kier molecular flexibility index (Phi) is 6.75. The van der Waals surface area contributed by atoms with Crippen LogP contribution in [0.5, 0.6) is 0 Å². The van der Waals surface area contributed by atoms with E-state index in [9.17, 15) is 13.2 Å². The quantitative estimate of drug-likeness (QED) is 0.705. The van der Waals surface area contributed by atoms with Crippen molar-refractivity contribution in [2.24, 2.45) is 0 Å². The van der Waals surface area contributed by atoms with Crippen LogP contribution in [-0.2, 0) is 21.4 Å². The van der Waals surface area contributed by atoms with E-state index in [0.29, 0.717) is 38.3 Å². The molecule has 1 saturated heterocycles. The fourth-order valence-corrected chi connectivity index (χ4v) is 4.89. The molecule has 8 heteroatoms. The normalized spacial score (nSPS) is 14.9. The Morgan fingerprint density at radius 3 is 2.37 bits per heavy atom. The maximum absolute atomic E-state index is 12.8. The highest BCUT2D eigenvalue weighted by Crippen LogP contribution is 2.19. The van der Waals surface area contributed by atoms with E-state index in [2.05, 4.69) is 11.0 Å². The standard InChI is InChI=1S/C22H26N4O3S/c1-18-4-3-5-21(14-18)25-10-12-26(13-11-25)30(28,29)17-22(27)24(2)16-20-8-6-19(15-23)7-9-20/h3-9,14H,10-13,16-17H2,1-2H3. The molecule has 0 N–H and O–H groups in total. The Balaban J connectivity index is 1.55. The Morgan fingerprint density at radius 2 is 1.77 bits per heavy atom. The van der Waals surface area contributed by atoms with Crippen molar-refractivity contribution in [2.45, 2.75) is 13.5 Å². The van der Waals surface area contributed by atoms with Crippen LogP contribution in [0.25, 0.3) is 0 Å². The van der Waals surface area contributed by atoms with Gasteiger partial charge in [-0.1, -0.05) is 24.3 Å². The maximum Gasteiger partial charge on any atom is 0.239 e. The number of carbonyl (C=O) groups is 1. The zero-order valence-corrected chi connectivity index (χ0v) is 18.1. The van der Waals surface area contributed by atoms with E-state index >= 15 is 0 Å². The Hall–Kier alpha value is -2.89. The van der Waals surface area contributed by atoms with Crippen LogP contribution in [0.4, 0.5) is 5.69 Å². The molecule has 0 spiro atoms. The van der Waals surface area contributed by atoms with Gasteiger partial charge in [0.15, 0.2) is 0 Å². The first-order chi connectivity index (χ1) is 14.3. The van der Waals surface area contributed by atoms with E-state index in [1.807, 2.05) is 31.2 Å². The van der Waals surface area contributed by atoms with E-state index in [-0.39, 0.29) is 0 Å². The molecule has 1 aliphatic rings. The lowest BCUT2D eigenvalue weighted by molar-refractivity contribution is -0.127. The molecule has 3 rings (SSSR count). The van der Waals surface area contributed by atoms with Gasteiger partial charge in [-0.05, 0) is 42.3 Å². The summed E-state index contributed by atoms with van der Waals surface area (Å²) in [5.74, 6) is -0.981. The number of aryl methyl sites for hydroxylation is 1. The third-order valence-electron chi connectivity index (χ3n) is 5.23. The second kappa shape index (κ2) is 9.28. The van der Waals surface area contributed by atoms with E-state index in [4.69, 9.17) is 5.26 Å². The number of sulfonamides is 1. The van der Waals surface area contributed by atoms with Crippen molar-refractivity contribution >= 4 is 21.6 Å². The smallest absolute Gasteiger partial charge is 0.239 e. The molecule has 1 aliphatic heterocycles. The number of piperazine rings is 1. The number of rotatable bonds is 6. The molecule has 7 nitrogen and oxygen atoms in total. The topological polar surface area (TPSA) is 84.7 Å². The highest BCUT2D eigenvalue weighted by atomic mass is 32.2. The Labute approximate surface area is 178 Å². The van der Waals surface area contributed by atoms with E-state index in [1.165, 1.54) is 14.8 Å². The zero-order chi connectivity index (χ0) is 21.7. The lowest BCUT2D eigenvalue weighted by atomic mass is 10.1. The van der Waals surface area contributed by atoms with Crippen LogP contribution in [0.15, 0.2) is 48.5 Å². The molecule has 1 fully saturated rings. The summed E-state index contributed by atoms with van der Waals surface area (Å²) in [5.41, 5.74) is 3.64. The van der Waals surface area contributed by atoms with Crippen molar-refractivity contribution in [3.63, 3.8) is 0 Å². The first kappa shape index (κ1) is 21.8. The molecule has 0 aromatic heterocycles. The molecule has 0 saturated carbocycles. The van der Waals surface area contributed by atoms with E-state index < -0.39 is 21.7 Å². The van der Waals surface area contributed by atoms with Crippen LogP contribution in [0.2, 0.25) is 0 Å². The summed E-state index contributed by atoms with van der Waals surface area (Å²) in [6.07, 6.45) is 0. The summed E-state index contributed by atoms with van der Waals surface area (Å²) in [6, 6.07) is 17.1. The van der Waals surface area contributed by atoms with Gasteiger partial charge in [0.2, 0.25) is 15.9 Å². The molecule has 30 heavy (non-hydrogen) atoms. The molecule has 2 aromatic rings. The van der Waals surface area contributed by atoms with Gasteiger partial charge in [0.25, 0.3) is 0 Å². The molecule has 158 valence electrons. The minimum Gasteiger partial charge on any atom is -0.369 e. The van der Waals surface area contributed by atoms with Crippen LogP contribution in [-0.4, -0.2) is 62.5 Å². The second-order valence-electron chi connectivity index (χ2n) is 7.54. The number of hydrogen-bond acceptors (Lipinski definition) is 5. The lowest BCUT2D eigenvalue weighted by Crippen LogP contribution is -2.50. The predicted molar refractivity (Wildman–Crippen MR) is 116 cm³/mol. The van der Waals surface area contributed by atoms with Crippen molar-refractivity contribution in [2.75, 3.05) is 43.9 Å². The molecule has 2 aromatic carbocycles. The highest BCUT2D eigenvalue weighted by Gasteiger charge is 2.30. The zero-order valence-electron chi connectivity index (χ0n) is 17.3. The van der Waals surface area contributed by atoms with Gasteiger partial charge in [0.05, 0.1) is 11.6 Å². The number of hydrogen-bond donors (Lipinski definition) is 0. The SMILES string of the molecule is Cc1cccc(N2CCN(S(=O)(=O)CC(=O)N(C)Cc3ccc(C#N)cc3)CC2)c1. The number of nitriles is 1. The highest BCUT2D eigenvalue weighted by molar-refractivity contribution is 7.89. The lowest BCUT2D eigenvalue weighted by Gasteiger charge is -2.35. The molecule has 0 aliphatic carbocycles. The largest absolute Gasteiger partial charge is 0.369 e. The summed E-state index contributed by atoms with van der Waals surface area (Å²) in [5, 5.41) is 8.85. The molecule has 0 radical (unpaired) electrons. The van der Waals surface area contributed by atoms with Gasteiger partial charge in [0, 0.05) is 45.5 Å². The summed E-state index contributed by atoms with van der Waals surface area (Å²) < 4.78 is 26.9. The number of nitrogens with zero attached hydrogens (tertiary/aromatic N) is 4. The number of amides is 1. The van der Waals surface area contributed by atoms with Crippen LogP contribution < -0.4 is 4.90 Å². The fourth-order valence-electron chi connectivity index (χ4n) is 3.45. The van der Waals surface area contributed by atoms with Crippen LogP contribution in [0, 0.1) is 18.3 Å². The van der Waals surface area contributed by atoms with Gasteiger partial charge in [-0.25, -0.2) is 8.42 Å². The minimum atomic E-state index is -3.67. The van der Waals surface area contributed by atoms with Crippen molar-refractivity contribution in [3.05, 3.63) is 65.2 Å². The van der Waals surface area contributed by atoms with Crippen molar-refractivity contribution < 1.29 is 13.2 Å². The van der Waals surface area contributed by atoms with Crippen molar-refractivity contribution in [1.29, 1.82) is 5.26 Å². The second-order valence-corrected chi connectivity index (χ2v) is 9.51. The van der Waals surface area contributed by atoms with Gasteiger partial charge >= 0.3 is 0 Å².